The topological polar surface area (TPSA) is 88.9 Å². The van der Waals surface area contributed by atoms with E-state index in [4.69, 9.17) is 9.15 Å². The van der Waals surface area contributed by atoms with Gasteiger partial charge in [-0.15, -0.1) is 0 Å². The minimum Gasteiger partial charge on any atom is -0.495 e. The van der Waals surface area contributed by atoms with Crippen molar-refractivity contribution in [1.82, 2.24) is 4.90 Å². The van der Waals surface area contributed by atoms with E-state index in [0.29, 0.717) is 29.9 Å². The zero-order valence-electron chi connectivity index (χ0n) is 16.4. The largest absolute Gasteiger partial charge is 0.495 e. The smallest absolute Gasteiger partial charge is 0.244 e. The van der Waals surface area contributed by atoms with Gasteiger partial charge in [0.25, 0.3) is 0 Å². The molecule has 0 spiro atoms. The van der Waals surface area contributed by atoms with Crippen LogP contribution in [0.15, 0.2) is 53.0 Å². The van der Waals surface area contributed by atoms with Gasteiger partial charge in [0.1, 0.15) is 23.5 Å². The highest BCUT2D eigenvalue weighted by atomic mass is 16.5. The van der Waals surface area contributed by atoms with E-state index in [-0.39, 0.29) is 30.2 Å². The number of ether oxygens (including phenoxy) is 1. The van der Waals surface area contributed by atoms with Gasteiger partial charge in [-0.05, 0) is 25.0 Å². The summed E-state index contributed by atoms with van der Waals surface area (Å²) >= 11 is 0. The van der Waals surface area contributed by atoms with Crippen molar-refractivity contribution in [2.45, 2.75) is 12.8 Å². The van der Waals surface area contributed by atoms with Gasteiger partial charge in [0.2, 0.25) is 17.7 Å². The normalized spacial score (nSPS) is 20.8. The van der Waals surface area contributed by atoms with Crippen molar-refractivity contribution < 1.29 is 23.5 Å². The molecule has 0 unspecified atom stereocenters. The molecule has 3 aromatic rings. The molecule has 2 aliphatic rings. The zero-order chi connectivity index (χ0) is 20.8. The molecule has 1 aliphatic heterocycles. The minimum absolute atomic E-state index is 0.274. The summed E-state index contributed by atoms with van der Waals surface area (Å²) in [6, 6.07) is 11.2. The van der Waals surface area contributed by atoms with E-state index in [1.807, 2.05) is 42.5 Å². The number of nitrogens with one attached hydrogen (secondary N) is 1. The number of hydrogen-bond acceptors (Lipinski definition) is 5. The number of carbonyl (C=O) groups is 3. The number of imide groups is 1. The van der Waals surface area contributed by atoms with Gasteiger partial charge in [0, 0.05) is 16.8 Å². The Kier molecular flexibility index (Phi) is 4.31. The summed E-state index contributed by atoms with van der Waals surface area (Å²) in [6.07, 6.45) is 4.93. The molecule has 1 fully saturated rings. The molecule has 5 rings (SSSR count). The molecule has 2 aromatic carbocycles. The van der Waals surface area contributed by atoms with Crippen LogP contribution in [-0.4, -0.2) is 36.3 Å². The Morgan fingerprint density at radius 2 is 1.77 bits per heavy atom. The minimum atomic E-state index is -0.461. The lowest BCUT2D eigenvalue weighted by atomic mass is 9.85. The SMILES string of the molecule is COc1cc2c(cc1NC(=O)CN1C(=O)[C@@H]3CC=CC[C@H]3C1=O)oc1ccccc12. The zero-order valence-corrected chi connectivity index (χ0v) is 16.4. The number of furan rings is 1. The molecule has 2 heterocycles. The van der Waals surface area contributed by atoms with Gasteiger partial charge in [-0.2, -0.15) is 0 Å². The fraction of sp³-hybridized carbons (Fsp3) is 0.261. The van der Waals surface area contributed by atoms with Crippen LogP contribution < -0.4 is 10.1 Å². The van der Waals surface area contributed by atoms with Crippen LogP contribution in [0.3, 0.4) is 0 Å². The van der Waals surface area contributed by atoms with Crippen LogP contribution in [0.2, 0.25) is 0 Å². The Hall–Kier alpha value is -3.61. The van der Waals surface area contributed by atoms with Crippen LogP contribution in [0.1, 0.15) is 12.8 Å². The van der Waals surface area contributed by atoms with Gasteiger partial charge in [-0.1, -0.05) is 30.4 Å². The van der Waals surface area contributed by atoms with Gasteiger partial charge in [0.05, 0.1) is 24.6 Å². The number of amides is 3. The lowest BCUT2D eigenvalue weighted by molar-refractivity contribution is -0.142. The first-order valence-electron chi connectivity index (χ1n) is 9.86. The Morgan fingerprint density at radius 1 is 1.07 bits per heavy atom. The molecule has 1 N–H and O–H groups in total. The average molecular weight is 404 g/mol. The van der Waals surface area contributed by atoms with E-state index in [9.17, 15) is 14.4 Å². The Labute approximate surface area is 172 Å². The molecular formula is C23H20N2O5. The van der Waals surface area contributed by atoms with Crippen LogP contribution in [0.5, 0.6) is 5.75 Å². The molecule has 3 amide bonds. The van der Waals surface area contributed by atoms with Crippen molar-refractivity contribution in [2.75, 3.05) is 19.0 Å². The number of likely N-dealkylation sites (tertiary alicyclic amines) is 1. The van der Waals surface area contributed by atoms with Crippen molar-refractivity contribution in [3.05, 3.63) is 48.6 Å². The third-order valence-corrected chi connectivity index (χ3v) is 5.87. The van der Waals surface area contributed by atoms with Crippen LogP contribution in [0.4, 0.5) is 5.69 Å². The van der Waals surface area contributed by atoms with E-state index in [1.165, 1.54) is 7.11 Å². The molecular weight excluding hydrogens is 384 g/mol. The molecule has 0 saturated carbocycles. The fourth-order valence-corrected chi connectivity index (χ4v) is 4.38. The Bertz CT molecular complexity index is 1200. The lowest BCUT2D eigenvalue weighted by Crippen LogP contribution is -2.38. The fourth-order valence-electron chi connectivity index (χ4n) is 4.38. The van der Waals surface area contributed by atoms with Crippen molar-refractivity contribution in [1.29, 1.82) is 0 Å². The maximum absolute atomic E-state index is 12.7. The van der Waals surface area contributed by atoms with E-state index in [1.54, 1.807) is 6.07 Å². The third-order valence-electron chi connectivity index (χ3n) is 5.87. The number of rotatable bonds is 4. The maximum atomic E-state index is 12.7. The number of allylic oxidation sites excluding steroid dienone is 2. The molecule has 0 bridgehead atoms. The van der Waals surface area contributed by atoms with Crippen LogP contribution >= 0.6 is 0 Å². The first kappa shape index (κ1) is 18.4. The van der Waals surface area contributed by atoms with Crippen molar-refractivity contribution >= 4 is 45.3 Å². The van der Waals surface area contributed by atoms with Gasteiger partial charge < -0.3 is 14.5 Å². The number of para-hydroxylation sites is 1. The Morgan fingerprint density at radius 3 is 2.47 bits per heavy atom. The van der Waals surface area contributed by atoms with Crippen molar-refractivity contribution in [3.63, 3.8) is 0 Å². The summed E-state index contributed by atoms with van der Waals surface area (Å²) in [5, 5.41) is 4.59. The second-order valence-electron chi connectivity index (χ2n) is 7.61. The lowest BCUT2D eigenvalue weighted by Gasteiger charge is -2.15. The summed E-state index contributed by atoms with van der Waals surface area (Å²) in [7, 11) is 1.52. The first-order valence-corrected chi connectivity index (χ1v) is 9.86. The predicted molar refractivity (Wildman–Crippen MR) is 111 cm³/mol. The Balaban J connectivity index is 1.40. The number of benzene rings is 2. The van der Waals surface area contributed by atoms with Crippen LogP contribution in [0.25, 0.3) is 21.9 Å². The molecule has 2 atom stereocenters. The number of methoxy groups -OCH3 is 1. The average Bonchev–Trinajstić information content (AvgIpc) is 3.23. The summed E-state index contributed by atoms with van der Waals surface area (Å²) in [5.74, 6) is -1.24. The van der Waals surface area contributed by atoms with E-state index < -0.39 is 5.91 Å². The third kappa shape index (κ3) is 2.85. The summed E-state index contributed by atoms with van der Waals surface area (Å²) in [4.78, 5) is 38.9. The van der Waals surface area contributed by atoms with Gasteiger partial charge in [0.15, 0.2) is 0 Å². The second-order valence-corrected chi connectivity index (χ2v) is 7.61. The number of fused-ring (bicyclic) bond motifs is 4. The number of carbonyl (C=O) groups excluding carboxylic acids is 3. The second kappa shape index (κ2) is 7.02. The molecule has 7 heteroatoms. The summed E-state index contributed by atoms with van der Waals surface area (Å²) in [5.41, 5.74) is 1.77. The summed E-state index contributed by atoms with van der Waals surface area (Å²) in [6.45, 7) is -0.314. The molecule has 152 valence electrons. The van der Waals surface area contributed by atoms with Crippen LogP contribution in [-0.2, 0) is 14.4 Å². The van der Waals surface area contributed by atoms with E-state index in [0.717, 1.165) is 21.3 Å². The highest BCUT2D eigenvalue weighted by Crippen LogP contribution is 2.37. The van der Waals surface area contributed by atoms with Crippen LogP contribution in [0, 0.1) is 11.8 Å². The number of hydrogen-bond donors (Lipinski definition) is 1. The van der Waals surface area contributed by atoms with E-state index in [2.05, 4.69) is 5.32 Å². The molecule has 1 saturated heterocycles. The van der Waals surface area contributed by atoms with Crippen molar-refractivity contribution in [3.8, 4) is 5.75 Å². The highest BCUT2D eigenvalue weighted by molar-refractivity contribution is 6.10. The van der Waals surface area contributed by atoms with E-state index >= 15 is 0 Å². The molecule has 1 aliphatic carbocycles. The summed E-state index contributed by atoms with van der Waals surface area (Å²) < 4.78 is 11.3. The number of anilines is 1. The monoisotopic (exact) mass is 404 g/mol. The maximum Gasteiger partial charge on any atom is 0.244 e. The molecule has 30 heavy (non-hydrogen) atoms. The van der Waals surface area contributed by atoms with Gasteiger partial charge >= 0.3 is 0 Å². The van der Waals surface area contributed by atoms with Gasteiger partial charge in [-0.3, -0.25) is 19.3 Å². The molecule has 0 radical (unpaired) electrons. The highest BCUT2D eigenvalue weighted by Gasteiger charge is 2.47. The molecule has 7 nitrogen and oxygen atoms in total. The predicted octanol–water partition coefficient (Wildman–Crippen LogP) is 3.48. The number of nitrogens with zero attached hydrogens (tertiary/aromatic N) is 1. The quantitative estimate of drug-likeness (QED) is 0.531. The standard InChI is InChI=1S/C23H20N2O5/c1-29-20-10-16-13-6-4-5-9-18(13)30-19(16)11-17(20)24-21(26)12-25-22(27)14-7-2-3-8-15(14)23(25)28/h2-6,9-11,14-15H,7-8,12H2,1H3,(H,24,26)/t14-,15-/m1/s1. The first-order chi connectivity index (χ1) is 14.6. The molecule has 1 aromatic heterocycles. The van der Waals surface area contributed by atoms with Crippen molar-refractivity contribution in [2.24, 2.45) is 11.8 Å². The van der Waals surface area contributed by atoms with Gasteiger partial charge in [-0.25, -0.2) is 0 Å².